The van der Waals surface area contributed by atoms with Crippen molar-refractivity contribution in [3.05, 3.63) is 35.9 Å². The molecule has 7 heteroatoms. The number of halogens is 2. The number of alkyl halides is 2. The molecule has 1 aliphatic rings. The number of ether oxygens (including phenoxy) is 1. The number of aliphatic hydroxyl groups is 1. The first-order chi connectivity index (χ1) is 17.2. The second-order valence-corrected chi connectivity index (χ2v) is 10.1. The molecule has 3 atom stereocenters. The van der Waals surface area contributed by atoms with Crippen LogP contribution in [0.15, 0.2) is 30.3 Å². The van der Waals surface area contributed by atoms with Gasteiger partial charge < -0.3 is 9.84 Å². The second kappa shape index (κ2) is 15.9. The minimum Gasteiger partial charge on any atom is -0.461 e. The Hall–Kier alpha value is -2.15. The smallest absolute Gasteiger partial charge is 0.306 e. The van der Waals surface area contributed by atoms with Crippen LogP contribution in [-0.2, 0) is 25.7 Å². The van der Waals surface area contributed by atoms with Crippen molar-refractivity contribution in [2.24, 2.45) is 11.8 Å². The van der Waals surface area contributed by atoms with Crippen molar-refractivity contribution in [1.29, 1.82) is 0 Å². The molecule has 0 aliphatic heterocycles. The zero-order valence-electron chi connectivity index (χ0n) is 21.6. The molecule has 0 amide bonds. The summed E-state index contributed by atoms with van der Waals surface area (Å²) >= 11 is 0. The summed E-state index contributed by atoms with van der Waals surface area (Å²) < 4.78 is 33.2. The minimum absolute atomic E-state index is 0.0216. The number of carbonyl (C=O) groups is 3. The molecule has 1 aromatic rings. The molecule has 0 aromatic heterocycles. The molecule has 1 fully saturated rings. The highest BCUT2D eigenvalue weighted by molar-refractivity contribution is 5.86. The SMILES string of the molecule is CCCCC(F)(F)C(=O)CC[C@H]1[C@H](O)CC(=O)[C@@H]1CCCCCCCCC(=O)OCc1ccccc1. The van der Waals surface area contributed by atoms with E-state index in [1.165, 1.54) is 0 Å². The van der Waals surface area contributed by atoms with Crippen molar-refractivity contribution in [2.75, 3.05) is 0 Å². The van der Waals surface area contributed by atoms with Gasteiger partial charge in [0.25, 0.3) is 0 Å². The average molecular weight is 509 g/mol. The number of hydrogen-bond donors (Lipinski definition) is 1. The first kappa shape index (κ1) is 30.1. The highest BCUT2D eigenvalue weighted by Gasteiger charge is 2.43. The van der Waals surface area contributed by atoms with Gasteiger partial charge in [-0.3, -0.25) is 14.4 Å². The third-order valence-corrected chi connectivity index (χ3v) is 7.18. The van der Waals surface area contributed by atoms with E-state index in [1.54, 1.807) is 6.92 Å². The third-order valence-electron chi connectivity index (χ3n) is 7.18. The van der Waals surface area contributed by atoms with E-state index < -0.39 is 30.1 Å². The highest BCUT2D eigenvalue weighted by atomic mass is 19.3. The van der Waals surface area contributed by atoms with Crippen molar-refractivity contribution in [3.63, 3.8) is 0 Å². The second-order valence-electron chi connectivity index (χ2n) is 10.1. The Morgan fingerprint density at radius 3 is 2.33 bits per heavy atom. The fraction of sp³-hybridized carbons (Fsp3) is 0.690. The number of esters is 1. The molecule has 202 valence electrons. The van der Waals surface area contributed by atoms with E-state index in [1.807, 2.05) is 30.3 Å². The number of hydrogen-bond acceptors (Lipinski definition) is 5. The summed E-state index contributed by atoms with van der Waals surface area (Å²) in [4.78, 5) is 36.2. The van der Waals surface area contributed by atoms with Crippen LogP contribution in [0.2, 0.25) is 0 Å². The van der Waals surface area contributed by atoms with Gasteiger partial charge in [0.05, 0.1) is 6.10 Å². The molecule has 1 aliphatic carbocycles. The van der Waals surface area contributed by atoms with E-state index in [2.05, 4.69) is 0 Å². The molecule has 0 radical (unpaired) electrons. The first-order valence-corrected chi connectivity index (χ1v) is 13.6. The van der Waals surface area contributed by atoms with Crippen LogP contribution in [-0.4, -0.2) is 34.7 Å². The molecule has 36 heavy (non-hydrogen) atoms. The molecular formula is C29H42F2O5. The lowest BCUT2D eigenvalue weighted by atomic mass is 9.85. The Bertz CT molecular complexity index is 811. The molecule has 0 saturated heterocycles. The minimum atomic E-state index is -3.32. The van der Waals surface area contributed by atoms with Crippen LogP contribution >= 0.6 is 0 Å². The normalized spacial score (nSPS) is 20.0. The number of ketones is 2. The number of carbonyl (C=O) groups excluding carboxylic acids is 3. The average Bonchev–Trinajstić information content (AvgIpc) is 3.13. The summed E-state index contributed by atoms with van der Waals surface area (Å²) in [6.07, 6.45) is 5.95. The maximum atomic E-state index is 14.0. The topological polar surface area (TPSA) is 80.7 Å². The van der Waals surface area contributed by atoms with Gasteiger partial charge in [-0.15, -0.1) is 0 Å². The zero-order chi connectivity index (χ0) is 26.4. The molecule has 5 nitrogen and oxygen atoms in total. The van der Waals surface area contributed by atoms with Crippen LogP contribution in [0.4, 0.5) is 8.78 Å². The fourth-order valence-corrected chi connectivity index (χ4v) is 4.95. The molecular weight excluding hydrogens is 466 g/mol. The standard InChI is InChI=1S/C29H42F2O5/c1-2-3-19-29(30,31)27(34)18-17-24-23(25(32)20-26(24)33)15-11-6-4-5-7-12-16-28(35)36-21-22-13-9-8-10-14-22/h8-10,13-14,23-24,26,33H,2-7,11-12,15-21H2,1H3/t23-,24-,26-/m1/s1. The molecule has 0 unspecified atom stereocenters. The maximum absolute atomic E-state index is 14.0. The third kappa shape index (κ3) is 10.5. The van der Waals surface area contributed by atoms with Crippen molar-refractivity contribution in [1.82, 2.24) is 0 Å². The lowest BCUT2D eigenvalue weighted by molar-refractivity contribution is -0.145. The van der Waals surface area contributed by atoms with Crippen LogP contribution in [0.5, 0.6) is 0 Å². The summed E-state index contributed by atoms with van der Waals surface area (Å²) in [6.45, 7) is 2.10. The number of Topliss-reactive ketones (excluding diaryl/α,β-unsaturated/α-hetero) is 2. The van der Waals surface area contributed by atoms with Gasteiger partial charge in [0.15, 0.2) is 0 Å². The Kier molecular flexibility index (Phi) is 13.2. The van der Waals surface area contributed by atoms with Crippen LogP contribution < -0.4 is 0 Å². The summed E-state index contributed by atoms with van der Waals surface area (Å²) in [5, 5.41) is 10.3. The lowest BCUT2D eigenvalue weighted by Gasteiger charge is -2.22. The van der Waals surface area contributed by atoms with E-state index in [9.17, 15) is 28.3 Å². The first-order valence-electron chi connectivity index (χ1n) is 13.6. The van der Waals surface area contributed by atoms with E-state index >= 15 is 0 Å². The Balaban J connectivity index is 1.58. The molecule has 0 heterocycles. The van der Waals surface area contributed by atoms with Crippen LogP contribution in [0.3, 0.4) is 0 Å². The highest BCUT2D eigenvalue weighted by Crippen LogP contribution is 2.37. The molecule has 1 N–H and O–H groups in total. The zero-order valence-corrected chi connectivity index (χ0v) is 21.6. The monoisotopic (exact) mass is 508 g/mol. The van der Waals surface area contributed by atoms with Gasteiger partial charge in [-0.2, -0.15) is 8.78 Å². The Labute approximate surface area is 214 Å². The summed E-state index contributed by atoms with van der Waals surface area (Å²) in [5.74, 6) is -5.37. The summed E-state index contributed by atoms with van der Waals surface area (Å²) in [6, 6.07) is 9.57. The summed E-state index contributed by atoms with van der Waals surface area (Å²) in [5.41, 5.74) is 0.970. The molecule has 0 spiro atoms. The molecule has 2 rings (SSSR count). The van der Waals surface area contributed by atoms with Crippen molar-refractivity contribution < 1.29 is 33.0 Å². The van der Waals surface area contributed by atoms with E-state index in [4.69, 9.17) is 4.74 Å². The van der Waals surface area contributed by atoms with Gasteiger partial charge in [-0.05, 0) is 37.2 Å². The number of unbranched alkanes of at least 4 members (excludes halogenated alkanes) is 6. The van der Waals surface area contributed by atoms with Crippen molar-refractivity contribution >= 4 is 17.5 Å². The molecule has 0 bridgehead atoms. The lowest BCUT2D eigenvalue weighted by Crippen LogP contribution is -2.30. The van der Waals surface area contributed by atoms with Gasteiger partial charge in [0.1, 0.15) is 12.4 Å². The number of rotatable bonds is 18. The number of benzene rings is 1. The summed E-state index contributed by atoms with van der Waals surface area (Å²) in [7, 11) is 0. The largest absolute Gasteiger partial charge is 0.461 e. The van der Waals surface area contributed by atoms with Crippen LogP contribution in [0, 0.1) is 11.8 Å². The van der Waals surface area contributed by atoms with Crippen molar-refractivity contribution in [2.45, 2.75) is 115 Å². The van der Waals surface area contributed by atoms with Gasteiger partial charge in [0, 0.05) is 31.6 Å². The Morgan fingerprint density at radius 2 is 1.64 bits per heavy atom. The van der Waals surface area contributed by atoms with Gasteiger partial charge in [-0.25, -0.2) is 0 Å². The fourth-order valence-electron chi connectivity index (χ4n) is 4.95. The van der Waals surface area contributed by atoms with Gasteiger partial charge in [0.2, 0.25) is 5.78 Å². The van der Waals surface area contributed by atoms with Crippen LogP contribution in [0.25, 0.3) is 0 Å². The van der Waals surface area contributed by atoms with E-state index in [0.717, 1.165) is 44.1 Å². The molecule has 1 aromatic carbocycles. The predicted octanol–water partition coefficient (Wildman–Crippen LogP) is 6.59. The maximum Gasteiger partial charge on any atom is 0.306 e. The van der Waals surface area contributed by atoms with E-state index in [0.29, 0.717) is 32.3 Å². The van der Waals surface area contributed by atoms with Gasteiger partial charge >= 0.3 is 11.9 Å². The Morgan fingerprint density at radius 1 is 0.972 bits per heavy atom. The van der Waals surface area contributed by atoms with E-state index in [-0.39, 0.29) is 36.9 Å². The van der Waals surface area contributed by atoms with Crippen molar-refractivity contribution in [3.8, 4) is 0 Å². The van der Waals surface area contributed by atoms with Gasteiger partial charge in [-0.1, -0.05) is 75.8 Å². The van der Waals surface area contributed by atoms with Crippen LogP contribution in [0.1, 0.15) is 102 Å². The predicted molar refractivity (Wildman–Crippen MR) is 134 cm³/mol. The quantitative estimate of drug-likeness (QED) is 0.179. The number of aliphatic hydroxyl groups excluding tert-OH is 1. The molecule has 1 saturated carbocycles.